The van der Waals surface area contributed by atoms with Crippen molar-refractivity contribution < 1.29 is 9.18 Å². The molecule has 1 heterocycles. The number of nitrogens with one attached hydrogen (secondary N) is 1. The molecule has 3 N–H and O–H groups in total. The van der Waals surface area contributed by atoms with E-state index in [1.165, 1.54) is 12.1 Å². The molecule has 0 bridgehead atoms. The smallest absolute Gasteiger partial charge is 0.259 e. The van der Waals surface area contributed by atoms with Gasteiger partial charge in [-0.25, -0.2) is 4.39 Å². The molecule has 0 saturated heterocycles. The highest BCUT2D eigenvalue weighted by Gasteiger charge is 2.13. The van der Waals surface area contributed by atoms with Gasteiger partial charge in [-0.2, -0.15) is 5.10 Å². The summed E-state index contributed by atoms with van der Waals surface area (Å²) in [6.07, 6.45) is 1.61. The molecule has 1 aromatic carbocycles. The van der Waals surface area contributed by atoms with Crippen LogP contribution >= 0.6 is 0 Å². The molecule has 5 nitrogen and oxygen atoms in total. The third-order valence-corrected chi connectivity index (χ3v) is 2.52. The minimum atomic E-state index is -0.560. The van der Waals surface area contributed by atoms with E-state index in [1.54, 1.807) is 30.9 Å². The SMILES string of the molecule is Cc1nn(C)cc1C(=O)Nc1ccc(N)c(F)c1. The van der Waals surface area contributed by atoms with E-state index in [2.05, 4.69) is 10.4 Å². The van der Waals surface area contributed by atoms with Gasteiger partial charge in [0.2, 0.25) is 0 Å². The van der Waals surface area contributed by atoms with E-state index in [1.807, 2.05) is 0 Å². The van der Waals surface area contributed by atoms with Gasteiger partial charge in [0, 0.05) is 18.9 Å². The second-order valence-electron chi connectivity index (χ2n) is 3.99. The number of nitrogen functional groups attached to an aromatic ring is 1. The highest BCUT2D eigenvalue weighted by atomic mass is 19.1. The molecule has 2 rings (SSSR count). The van der Waals surface area contributed by atoms with Crippen molar-refractivity contribution in [2.24, 2.45) is 7.05 Å². The van der Waals surface area contributed by atoms with Crippen LogP contribution in [0.1, 0.15) is 16.1 Å². The van der Waals surface area contributed by atoms with Crippen LogP contribution in [0.4, 0.5) is 15.8 Å². The number of benzene rings is 1. The molecule has 0 radical (unpaired) electrons. The topological polar surface area (TPSA) is 72.9 Å². The Morgan fingerprint density at radius 2 is 2.22 bits per heavy atom. The monoisotopic (exact) mass is 248 g/mol. The molecular formula is C12H13FN4O. The maximum atomic E-state index is 13.2. The van der Waals surface area contributed by atoms with Gasteiger partial charge in [-0.3, -0.25) is 9.48 Å². The minimum absolute atomic E-state index is 0.0468. The molecule has 18 heavy (non-hydrogen) atoms. The number of hydrogen-bond donors (Lipinski definition) is 2. The van der Waals surface area contributed by atoms with Gasteiger partial charge in [0.25, 0.3) is 5.91 Å². The second kappa shape index (κ2) is 4.48. The predicted molar refractivity (Wildman–Crippen MR) is 66.7 cm³/mol. The summed E-state index contributed by atoms with van der Waals surface area (Å²) in [6, 6.07) is 4.13. The van der Waals surface area contributed by atoms with Crippen LogP contribution in [0.15, 0.2) is 24.4 Å². The average Bonchev–Trinajstić information content (AvgIpc) is 2.63. The third kappa shape index (κ3) is 2.32. The summed E-state index contributed by atoms with van der Waals surface area (Å²) in [5.74, 6) is -0.888. The van der Waals surface area contributed by atoms with Crippen molar-refractivity contribution in [1.29, 1.82) is 0 Å². The summed E-state index contributed by atoms with van der Waals surface area (Å²) in [7, 11) is 1.73. The molecule has 1 aromatic heterocycles. The Kier molecular flexibility index (Phi) is 3.01. The summed E-state index contributed by atoms with van der Waals surface area (Å²) in [5.41, 5.74) is 6.83. The lowest BCUT2D eigenvalue weighted by Gasteiger charge is -2.05. The molecule has 0 aliphatic heterocycles. The first-order chi connectivity index (χ1) is 8.47. The Hall–Kier alpha value is -2.37. The zero-order chi connectivity index (χ0) is 13.3. The van der Waals surface area contributed by atoms with E-state index < -0.39 is 5.82 Å². The number of amides is 1. The van der Waals surface area contributed by atoms with Gasteiger partial charge in [-0.1, -0.05) is 0 Å². The van der Waals surface area contributed by atoms with Gasteiger partial charge in [0.1, 0.15) is 5.82 Å². The maximum Gasteiger partial charge on any atom is 0.259 e. The van der Waals surface area contributed by atoms with Crippen molar-refractivity contribution in [1.82, 2.24) is 9.78 Å². The van der Waals surface area contributed by atoms with Crippen LogP contribution in [0.3, 0.4) is 0 Å². The van der Waals surface area contributed by atoms with Crippen molar-refractivity contribution in [2.45, 2.75) is 6.92 Å². The number of carbonyl (C=O) groups is 1. The number of aryl methyl sites for hydroxylation is 2. The quantitative estimate of drug-likeness (QED) is 0.794. The molecule has 0 atom stereocenters. The van der Waals surface area contributed by atoms with Crippen molar-refractivity contribution in [3.05, 3.63) is 41.5 Å². The molecule has 0 saturated carbocycles. The number of hydrogen-bond acceptors (Lipinski definition) is 3. The fourth-order valence-corrected chi connectivity index (χ4v) is 1.63. The molecule has 6 heteroatoms. The number of carbonyl (C=O) groups excluding carboxylic acids is 1. The lowest BCUT2D eigenvalue weighted by Crippen LogP contribution is -2.12. The van der Waals surface area contributed by atoms with Crippen molar-refractivity contribution in [3.8, 4) is 0 Å². The second-order valence-corrected chi connectivity index (χ2v) is 3.99. The Bertz CT molecular complexity index is 606. The molecule has 0 aliphatic rings. The number of aromatic nitrogens is 2. The molecule has 0 spiro atoms. The molecule has 2 aromatic rings. The molecular weight excluding hydrogens is 235 g/mol. The van der Waals surface area contributed by atoms with E-state index in [-0.39, 0.29) is 11.6 Å². The van der Waals surface area contributed by atoms with E-state index in [4.69, 9.17) is 5.73 Å². The Balaban J connectivity index is 2.21. The highest BCUT2D eigenvalue weighted by Crippen LogP contribution is 2.17. The van der Waals surface area contributed by atoms with Crippen LogP contribution in [-0.4, -0.2) is 15.7 Å². The normalized spacial score (nSPS) is 10.4. The van der Waals surface area contributed by atoms with Crippen molar-refractivity contribution in [3.63, 3.8) is 0 Å². The van der Waals surface area contributed by atoms with Gasteiger partial charge < -0.3 is 11.1 Å². The first-order valence-corrected chi connectivity index (χ1v) is 5.34. The van der Waals surface area contributed by atoms with E-state index >= 15 is 0 Å². The fourth-order valence-electron chi connectivity index (χ4n) is 1.63. The summed E-state index contributed by atoms with van der Waals surface area (Å²) in [5, 5.41) is 6.66. The summed E-state index contributed by atoms with van der Waals surface area (Å²) in [4.78, 5) is 11.9. The number of halogens is 1. The number of anilines is 2. The molecule has 0 fully saturated rings. The average molecular weight is 248 g/mol. The first-order valence-electron chi connectivity index (χ1n) is 5.34. The standard InChI is InChI=1S/C12H13FN4O/c1-7-9(6-17(2)16-7)12(18)15-8-3-4-11(14)10(13)5-8/h3-6H,14H2,1-2H3,(H,15,18). The van der Waals surface area contributed by atoms with E-state index in [9.17, 15) is 9.18 Å². The van der Waals surface area contributed by atoms with Crippen LogP contribution in [-0.2, 0) is 7.05 Å². The van der Waals surface area contributed by atoms with Crippen LogP contribution in [0, 0.1) is 12.7 Å². The third-order valence-electron chi connectivity index (χ3n) is 2.52. The lowest BCUT2D eigenvalue weighted by molar-refractivity contribution is 0.102. The maximum absolute atomic E-state index is 13.2. The predicted octanol–water partition coefficient (Wildman–Crippen LogP) is 1.70. The van der Waals surface area contributed by atoms with Crippen LogP contribution in [0.5, 0.6) is 0 Å². The first kappa shape index (κ1) is 12.1. The molecule has 0 unspecified atom stereocenters. The number of rotatable bonds is 2. The van der Waals surface area contributed by atoms with E-state index in [0.29, 0.717) is 16.9 Å². The zero-order valence-corrected chi connectivity index (χ0v) is 10.1. The zero-order valence-electron chi connectivity index (χ0n) is 10.1. The minimum Gasteiger partial charge on any atom is -0.396 e. The van der Waals surface area contributed by atoms with Gasteiger partial charge in [-0.15, -0.1) is 0 Å². The summed E-state index contributed by atoms with van der Waals surface area (Å²) < 4.78 is 14.8. The van der Waals surface area contributed by atoms with Crippen LogP contribution in [0.25, 0.3) is 0 Å². The summed E-state index contributed by atoms with van der Waals surface area (Å²) in [6.45, 7) is 1.73. The molecule has 0 aliphatic carbocycles. The molecule has 94 valence electrons. The number of nitrogens with zero attached hydrogens (tertiary/aromatic N) is 2. The van der Waals surface area contributed by atoms with Crippen molar-refractivity contribution >= 4 is 17.3 Å². The van der Waals surface area contributed by atoms with Crippen LogP contribution in [0.2, 0.25) is 0 Å². The van der Waals surface area contributed by atoms with Crippen LogP contribution < -0.4 is 11.1 Å². The van der Waals surface area contributed by atoms with Gasteiger partial charge >= 0.3 is 0 Å². The Labute approximate surface area is 103 Å². The Morgan fingerprint density at radius 3 is 2.78 bits per heavy atom. The Morgan fingerprint density at radius 1 is 1.50 bits per heavy atom. The highest BCUT2D eigenvalue weighted by molar-refractivity contribution is 6.04. The van der Waals surface area contributed by atoms with Gasteiger partial charge in [0.05, 0.1) is 16.9 Å². The van der Waals surface area contributed by atoms with Gasteiger partial charge in [0.15, 0.2) is 0 Å². The molecule has 1 amide bonds. The van der Waals surface area contributed by atoms with Gasteiger partial charge in [-0.05, 0) is 25.1 Å². The lowest BCUT2D eigenvalue weighted by atomic mass is 10.2. The van der Waals surface area contributed by atoms with E-state index in [0.717, 1.165) is 0 Å². The number of nitrogens with two attached hydrogens (primary N) is 1. The van der Waals surface area contributed by atoms with Crippen molar-refractivity contribution in [2.75, 3.05) is 11.1 Å². The fraction of sp³-hybridized carbons (Fsp3) is 0.167. The largest absolute Gasteiger partial charge is 0.396 e. The summed E-state index contributed by atoms with van der Waals surface area (Å²) >= 11 is 0.